The van der Waals surface area contributed by atoms with Crippen LogP contribution in [0.3, 0.4) is 0 Å². The number of rotatable bonds is 1. The molecule has 1 unspecified atom stereocenters. The Morgan fingerprint density at radius 2 is 1.92 bits per heavy atom. The molecule has 0 spiro atoms. The van der Waals surface area contributed by atoms with Crippen LogP contribution in [0, 0.1) is 11.8 Å². The van der Waals surface area contributed by atoms with Gasteiger partial charge in [0.1, 0.15) is 0 Å². The zero-order chi connectivity index (χ0) is 9.56. The first-order valence-corrected chi connectivity index (χ1v) is 8.27. The molecule has 0 radical (unpaired) electrons. The topological polar surface area (TPSA) is 0 Å². The molecule has 1 rings (SSSR count). The van der Waals surface area contributed by atoms with Gasteiger partial charge in [-0.15, -0.1) is 0 Å². The second-order valence-corrected chi connectivity index (χ2v) is 5.69. The maximum absolute atomic E-state index is 4.89. The number of halogens is 2. The molecule has 0 bridgehead atoms. The summed E-state index contributed by atoms with van der Waals surface area (Å²) in [5.74, 6) is 1.37. The summed E-state index contributed by atoms with van der Waals surface area (Å²) < 4.78 is 0. The first-order chi connectivity index (χ1) is 5.61. The molecular weight excluding hydrogens is 227 g/mol. The van der Waals surface area contributed by atoms with Gasteiger partial charge in [0.2, 0.25) is 0 Å². The van der Waals surface area contributed by atoms with Crippen molar-refractivity contribution in [3.05, 3.63) is 23.8 Å². The van der Waals surface area contributed by atoms with Crippen LogP contribution in [0.25, 0.3) is 0 Å². The van der Waals surface area contributed by atoms with Gasteiger partial charge < -0.3 is 0 Å². The molecule has 0 amide bonds. The predicted molar refractivity (Wildman–Crippen MR) is 52.9 cm³/mol. The van der Waals surface area contributed by atoms with Crippen molar-refractivity contribution in [2.24, 2.45) is 11.8 Å². The normalized spacial score (nSPS) is 20.2. The van der Waals surface area contributed by atoms with Crippen LogP contribution < -0.4 is 0 Å². The third-order valence-electron chi connectivity index (χ3n) is 1.71. The van der Waals surface area contributed by atoms with Crippen LogP contribution in [-0.4, -0.2) is 0 Å². The Kier molecular flexibility index (Phi) is 7.67. The molecule has 0 nitrogen and oxygen atoms in total. The molecule has 0 saturated heterocycles. The molecular formula is C9H14Cl2Ti. The van der Waals surface area contributed by atoms with Crippen molar-refractivity contribution in [1.29, 1.82) is 0 Å². The van der Waals surface area contributed by atoms with Gasteiger partial charge in [-0.3, -0.25) is 0 Å². The Bertz CT molecular complexity index is 173. The summed E-state index contributed by atoms with van der Waals surface area (Å²) in [6.07, 6.45) is 6.80. The molecule has 12 heavy (non-hydrogen) atoms. The van der Waals surface area contributed by atoms with Gasteiger partial charge in [0.25, 0.3) is 0 Å². The molecule has 0 N–H and O–H groups in total. The van der Waals surface area contributed by atoms with Crippen LogP contribution in [0.2, 0.25) is 0 Å². The van der Waals surface area contributed by atoms with Crippen LogP contribution in [0.1, 0.15) is 20.8 Å². The second-order valence-electron chi connectivity index (χ2n) is 3.11. The average Bonchev–Trinajstić information content (AvgIpc) is 2.37. The van der Waals surface area contributed by atoms with Gasteiger partial charge >= 0.3 is 35.6 Å². The van der Waals surface area contributed by atoms with Crippen molar-refractivity contribution in [1.82, 2.24) is 0 Å². The fraction of sp³-hybridized carbons (Fsp3) is 0.556. The monoisotopic (exact) mass is 240 g/mol. The van der Waals surface area contributed by atoms with E-state index in [9.17, 15) is 0 Å². The van der Waals surface area contributed by atoms with E-state index >= 15 is 0 Å². The fourth-order valence-corrected chi connectivity index (χ4v) is 1.06. The molecule has 0 aromatic carbocycles. The van der Waals surface area contributed by atoms with Gasteiger partial charge in [-0.1, -0.05) is 39.0 Å². The molecule has 1 aliphatic rings. The minimum absolute atomic E-state index is 0.556. The van der Waals surface area contributed by atoms with E-state index in [4.69, 9.17) is 18.6 Å². The molecule has 1 atom stereocenters. The second kappa shape index (κ2) is 7.20. The predicted octanol–water partition coefficient (Wildman–Crippen LogP) is 4.15. The summed E-state index contributed by atoms with van der Waals surface area (Å²) in [6, 6.07) is 0. The molecule has 1 aliphatic carbocycles. The Morgan fingerprint density at radius 3 is 2.08 bits per heavy atom. The number of hydrogen-bond donors (Lipinski definition) is 0. The molecule has 0 aromatic rings. The molecule has 0 heterocycles. The zero-order valence-electron chi connectivity index (χ0n) is 7.64. The standard InChI is InChI=1S/C9H14.2ClH.Ti/c1-7(2)9-5-4-8(3)6-9;;;/h4-8H,1-3H3;2*1H;/q;;;+2/p-2. The van der Waals surface area contributed by atoms with Gasteiger partial charge in [0.05, 0.1) is 0 Å². The molecule has 0 fully saturated rings. The van der Waals surface area contributed by atoms with Gasteiger partial charge in [-0.05, 0) is 17.4 Å². The third kappa shape index (κ3) is 5.43. The van der Waals surface area contributed by atoms with Gasteiger partial charge in [0.15, 0.2) is 0 Å². The van der Waals surface area contributed by atoms with Crippen molar-refractivity contribution in [3.8, 4) is 0 Å². The molecule has 0 saturated carbocycles. The fourth-order valence-electron chi connectivity index (χ4n) is 1.06. The van der Waals surface area contributed by atoms with Crippen LogP contribution in [0.5, 0.6) is 0 Å². The van der Waals surface area contributed by atoms with Crippen molar-refractivity contribution >= 4 is 18.6 Å². The SMILES string of the molecule is CC1C=CC(C(C)C)=C1.[Cl][Ti][Cl]. The van der Waals surface area contributed by atoms with E-state index in [1.54, 1.807) is 0 Å². The molecule has 68 valence electrons. The Balaban J connectivity index is 0.000000354. The Hall–Kier alpha value is 0.774. The first kappa shape index (κ1) is 12.8. The quantitative estimate of drug-likeness (QED) is 0.605. The van der Waals surface area contributed by atoms with E-state index < -0.39 is 17.0 Å². The Labute approximate surface area is 91.7 Å². The maximum atomic E-state index is 4.89. The van der Waals surface area contributed by atoms with E-state index in [2.05, 4.69) is 39.0 Å². The van der Waals surface area contributed by atoms with E-state index in [-0.39, 0.29) is 0 Å². The minimum atomic E-state index is -0.556. The van der Waals surface area contributed by atoms with Gasteiger partial charge in [-0.2, -0.15) is 0 Å². The number of allylic oxidation sites excluding steroid dienone is 4. The van der Waals surface area contributed by atoms with E-state index in [0.717, 1.165) is 0 Å². The first-order valence-electron chi connectivity index (χ1n) is 3.98. The van der Waals surface area contributed by atoms with Crippen LogP contribution in [-0.2, 0) is 17.0 Å². The number of hydrogen-bond acceptors (Lipinski definition) is 0. The zero-order valence-corrected chi connectivity index (χ0v) is 10.7. The molecule has 3 heteroatoms. The summed E-state index contributed by atoms with van der Waals surface area (Å²) in [4.78, 5) is 0. The van der Waals surface area contributed by atoms with Crippen molar-refractivity contribution in [3.63, 3.8) is 0 Å². The van der Waals surface area contributed by atoms with E-state index in [0.29, 0.717) is 11.8 Å². The van der Waals surface area contributed by atoms with Crippen molar-refractivity contribution < 1.29 is 17.0 Å². The summed E-state index contributed by atoms with van der Waals surface area (Å²) >= 11 is -0.556. The van der Waals surface area contributed by atoms with Gasteiger partial charge in [0, 0.05) is 0 Å². The van der Waals surface area contributed by atoms with Crippen LogP contribution in [0.15, 0.2) is 23.8 Å². The van der Waals surface area contributed by atoms with Crippen molar-refractivity contribution in [2.75, 3.05) is 0 Å². The van der Waals surface area contributed by atoms with Crippen LogP contribution >= 0.6 is 18.6 Å². The average molecular weight is 241 g/mol. The van der Waals surface area contributed by atoms with Crippen LogP contribution in [0.4, 0.5) is 0 Å². The summed E-state index contributed by atoms with van der Waals surface area (Å²) in [6.45, 7) is 6.67. The summed E-state index contributed by atoms with van der Waals surface area (Å²) in [5, 5.41) is 0. The third-order valence-corrected chi connectivity index (χ3v) is 1.71. The van der Waals surface area contributed by atoms with Gasteiger partial charge in [-0.25, -0.2) is 0 Å². The summed E-state index contributed by atoms with van der Waals surface area (Å²) in [7, 11) is 9.78. The molecule has 0 aromatic heterocycles. The van der Waals surface area contributed by atoms with Crippen molar-refractivity contribution in [2.45, 2.75) is 20.8 Å². The van der Waals surface area contributed by atoms with E-state index in [1.165, 1.54) is 5.57 Å². The Morgan fingerprint density at radius 1 is 1.42 bits per heavy atom. The molecule has 0 aliphatic heterocycles. The van der Waals surface area contributed by atoms with E-state index in [1.807, 2.05) is 0 Å². The summed E-state index contributed by atoms with van der Waals surface area (Å²) in [5.41, 5.74) is 1.49.